The van der Waals surface area contributed by atoms with E-state index in [0.717, 1.165) is 24.9 Å². The summed E-state index contributed by atoms with van der Waals surface area (Å²) >= 11 is 0. The van der Waals surface area contributed by atoms with Crippen molar-refractivity contribution >= 4 is 33.4 Å². The Bertz CT molecular complexity index is 2110. The highest BCUT2D eigenvalue weighted by Gasteiger charge is 2.49. The molecule has 0 aromatic heterocycles. The number of hydrogen-bond donors (Lipinski definition) is 0. The lowest BCUT2D eigenvalue weighted by Crippen LogP contribution is -2.32. The fourth-order valence-electron chi connectivity index (χ4n) is 8.04. The first-order valence-corrected chi connectivity index (χ1v) is 16.2. The van der Waals surface area contributed by atoms with Gasteiger partial charge < -0.3 is 4.90 Å². The Morgan fingerprint density at radius 2 is 1.38 bits per heavy atom. The summed E-state index contributed by atoms with van der Waals surface area (Å²) in [6.45, 7) is 4.59. The Labute approximate surface area is 266 Å². The topological polar surface area (TPSA) is 3.24 Å². The first-order valence-electron chi connectivity index (χ1n) is 16.2. The van der Waals surface area contributed by atoms with Crippen molar-refractivity contribution < 1.29 is 0 Å². The van der Waals surface area contributed by atoms with Gasteiger partial charge in [-0.1, -0.05) is 128 Å². The maximum atomic E-state index is 2.51. The van der Waals surface area contributed by atoms with Crippen molar-refractivity contribution in [2.24, 2.45) is 0 Å². The summed E-state index contributed by atoms with van der Waals surface area (Å²) in [4.78, 5) is 2.45. The van der Waals surface area contributed by atoms with Crippen molar-refractivity contribution in [3.05, 3.63) is 191 Å². The van der Waals surface area contributed by atoms with E-state index in [1.807, 2.05) is 0 Å². The Kier molecular flexibility index (Phi) is 6.76. The Balaban J connectivity index is 1.47. The number of para-hydroxylation sites is 1. The van der Waals surface area contributed by atoms with Gasteiger partial charge in [0.05, 0.1) is 11.1 Å². The molecular formula is C44H37N. The molecule has 2 aliphatic rings. The molecule has 0 bridgehead atoms. The fraction of sp³-hybridized carbons (Fsp3) is 0.136. The van der Waals surface area contributed by atoms with Crippen molar-refractivity contribution in [2.45, 2.75) is 38.5 Å². The van der Waals surface area contributed by atoms with E-state index >= 15 is 0 Å². The van der Waals surface area contributed by atoms with Gasteiger partial charge in [-0.2, -0.15) is 0 Å². The molecule has 218 valence electrons. The summed E-state index contributed by atoms with van der Waals surface area (Å²) in [6.07, 6.45) is 7.86. The SMILES string of the molecule is CCc1ccccc1C1(c2ccccc2C)C2=C(C=CCC2)c2ccc(N(c3ccccc3)c3cccc4ccccc34)cc21. The molecule has 6 aromatic rings. The quantitative estimate of drug-likeness (QED) is 0.190. The lowest BCUT2D eigenvalue weighted by Gasteiger charge is -2.39. The van der Waals surface area contributed by atoms with Crippen LogP contribution in [0.2, 0.25) is 0 Å². The van der Waals surface area contributed by atoms with E-state index in [9.17, 15) is 0 Å². The predicted molar refractivity (Wildman–Crippen MR) is 191 cm³/mol. The van der Waals surface area contributed by atoms with Crippen LogP contribution in [-0.4, -0.2) is 0 Å². The Morgan fingerprint density at radius 1 is 0.644 bits per heavy atom. The van der Waals surface area contributed by atoms with Crippen LogP contribution < -0.4 is 4.90 Å². The van der Waals surface area contributed by atoms with Crippen molar-refractivity contribution in [1.29, 1.82) is 0 Å². The second-order valence-electron chi connectivity index (χ2n) is 12.3. The minimum Gasteiger partial charge on any atom is -0.310 e. The fourth-order valence-corrected chi connectivity index (χ4v) is 8.04. The molecule has 2 aliphatic carbocycles. The largest absolute Gasteiger partial charge is 0.310 e. The number of anilines is 3. The molecule has 0 heterocycles. The third-order valence-corrected chi connectivity index (χ3v) is 9.95. The Morgan fingerprint density at radius 3 is 2.22 bits per heavy atom. The van der Waals surface area contributed by atoms with E-state index in [1.54, 1.807) is 0 Å². The zero-order valence-electron chi connectivity index (χ0n) is 26.0. The number of fused-ring (bicyclic) bond motifs is 3. The van der Waals surface area contributed by atoms with Gasteiger partial charge in [-0.25, -0.2) is 0 Å². The summed E-state index contributed by atoms with van der Waals surface area (Å²) in [5, 5.41) is 2.48. The number of allylic oxidation sites excluding steroid dienone is 4. The lowest BCUT2D eigenvalue weighted by molar-refractivity contribution is 0.683. The van der Waals surface area contributed by atoms with Gasteiger partial charge in [0.25, 0.3) is 0 Å². The number of rotatable bonds is 6. The maximum Gasteiger partial charge on any atom is 0.0682 e. The minimum atomic E-state index is -0.371. The molecule has 0 spiro atoms. The van der Waals surface area contributed by atoms with Crippen molar-refractivity contribution in [3.63, 3.8) is 0 Å². The molecule has 45 heavy (non-hydrogen) atoms. The second kappa shape index (κ2) is 11.1. The highest BCUT2D eigenvalue weighted by atomic mass is 15.1. The van der Waals surface area contributed by atoms with Crippen molar-refractivity contribution in [1.82, 2.24) is 0 Å². The highest BCUT2D eigenvalue weighted by molar-refractivity contribution is 6.00. The summed E-state index contributed by atoms with van der Waals surface area (Å²) in [7, 11) is 0. The van der Waals surface area contributed by atoms with Crippen LogP contribution in [0, 0.1) is 6.92 Å². The molecule has 1 heteroatoms. The minimum absolute atomic E-state index is 0.371. The molecule has 0 saturated carbocycles. The average molecular weight is 580 g/mol. The van der Waals surface area contributed by atoms with Gasteiger partial charge in [-0.05, 0) is 106 Å². The molecule has 0 saturated heterocycles. The molecule has 0 aliphatic heterocycles. The van der Waals surface area contributed by atoms with Gasteiger partial charge >= 0.3 is 0 Å². The van der Waals surface area contributed by atoms with Crippen LogP contribution >= 0.6 is 0 Å². The number of aryl methyl sites for hydroxylation is 2. The Hall–Kier alpha value is -5.14. The van der Waals surface area contributed by atoms with E-state index < -0.39 is 0 Å². The van der Waals surface area contributed by atoms with Gasteiger partial charge in [0, 0.05) is 16.8 Å². The van der Waals surface area contributed by atoms with Crippen LogP contribution in [0.5, 0.6) is 0 Å². The lowest BCUT2D eigenvalue weighted by atomic mass is 9.63. The molecule has 0 N–H and O–H groups in total. The molecule has 8 rings (SSSR count). The first-order chi connectivity index (χ1) is 22.2. The maximum absolute atomic E-state index is 2.51. The molecule has 0 radical (unpaired) electrons. The number of benzene rings is 6. The molecule has 0 fully saturated rings. The van der Waals surface area contributed by atoms with Gasteiger partial charge in [-0.3, -0.25) is 0 Å². The van der Waals surface area contributed by atoms with Crippen LogP contribution in [0.4, 0.5) is 17.1 Å². The van der Waals surface area contributed by atoms with Crippen LogP contribution in [0.15, 0.2) is 157 Å². The zero-order chi connectivity index (χ0) is 30.4. The summed E-state index contributed by atoms with van der Waals surface area (Å²) < 4.78 is 0. The zero-order valence-corrected chi connectivity index (χ0v) is 26.0. The van der Waals surface area contributed by atoms with E-state index in [1.165, 1.54) is 66.7 Å². The number of nitrogens with zero attached hydrogens (tertiary/aromatic N) is 1. The van der Waals surface area contributed by atoms with Crippen molar-refractivity contribution in [2.75, 3.05) is 4.90 Å². The van der Waals surface area contributed by atoms with Crippen LogP contribution in [0.3, 0.4) is 0 Å². The summed E-state index contributed by atoms with van der Waals surface area (Å²) in [6, 6.07) is 51.7. The van der Waals surface area contributed by atoms with Crippen LogP contribution in [-0.2, 0) is 11.8 Å². The molecule has 1 nitrogen and oxygen atoms in total. The van der Waals surface area contributed by atoms with Crippen LogP contribution in [0.25, 0.3) is 16.3 Å². The van der Waals surface area contributed by atoms with Crippen LogP contribution in [0.1, 0.15) is 53.1 Å². The third-order valence-electron chi connectivity index (χ3n) is 9.95. The summed E-state index contributed by atoms with van der Waals surface area (Å²) in [5.41, 5.74) is 14.3. The monoisotopic (exact) mass is 579 g/mol. The molecule has 1 atom stereocenters. The first kappa shape index (κ1) is 27.4. The standard InChI is InChI=1S/C44H37N/c1-3-32-17-9-13-25-40(32)44(39-24-12-7-16-31(39)2)41-26-14-11-23-37(41)38-29-28-35(30-42(38)44)45(34-20-5-4-6-21-34)43-27-15-19-33-18-8-10-22-36(33)43/h4-13,15-25,27-30H,3,14,26H2,1-2H3. The van der Waals surface area contributed by atoms with Gasteiger partial charge in [0.2, 0.25) is 0 Å². The highest BCUT2D eigenvalue weighted by Crippen LogP contribution is 2.59. The normalized spacial score (nSPS) is 16.9. The molecule has 1 unspecified atom stereocenters. The number of hydrogen-bond acceptors (Lipinski definition) is 1. The van der Waals surface area contributed by atoms with E-state index in [2.05, 4.69) is 170 Å². The third kappa shape index (κ3) is 4.22. The average Bonchev–Trinajstić information content (AvgIpc) is 3.39. The van der Waals surface area contributed by atoms with Gasteiger partial charge in [-0.15, -0.1) is 0 Å². The van der Waals surface area contributed by atoms with Gasteiger partial charge in [0.1, 0.15) is 0 Å². The smallest absolute Gasteiger partial charge is 0.0682 e. The van der Waals surface area contributed by atoms with E-state index in [4.69, 9.17) is 0 Å². The van der Waals surface area contributed by atoms with Crippen molar-refractivity contribution in [3.8, 4) is 0 Å². The second-order valence-corrected chi connectivity index (χ2v) is 12.3. The molecule has 0 amide bonds. The predicted octanol–water partition coefficient (Wildman–Crippen LogP) is 11.6. The summed E-state index contributed by atoms with van der Waals surface area (Å²) in [5.74, 6) is 0. The van der Waals surface area contributed by atoms with Gasteiger partial charge in [0.15, 0.2) is 0 Å². The molecule has 6 aromatic carbocycles. The molecular weight excluding hydrogens is 542 g/mol. The van der Waals surface area contributed by atoms with E-state index in [-0.39, 0.29) is 5.41 Å². The van der Waals surface area contributed by atoms with E-state index in [0.29, 0.717) is 0 Å².